The molecule has 1 spiro atoms. The van der Waals surface area contributed by atoms with Crippen LogP contribution in [-0.2, 0) is 23.9 Å². The Morgan fingerprint density at radius 3 is 2.53 bits per heavy atom. The van der Waals surface area contributed by atoms with Crippen LogP contribution in [0.5, 0.6) is 0 Å². The first kappa shape index (κ1) is 25.4. The summed E-state index contributed by atoms with van der Waals surface area (Å²) < 4.78 is 11.6. The zero-order chi connectivity index (χ0) is 24.1. The maximum Gasteiger partial charge on any atom is 0.312 e. The number of hydrogen-bond donors (Lipinski definition) is 2. The SMILES string of the molecule is CCOC(=O)[C@H]1[C@@H]2O[C@@]3(CC2Br)[C@@H]1C(=O)N(CCCO)[C@@H]3C(=O)NC(C)(C)CC(C)(C)C. The van der Waals surface area contributed by atoms with E-state index in [-0.39, 0.29) is 41.8 Å². The number of nitrogens with zero attached hydrogens (tertiary/aromatic N) is 1. The second-order valence-corrected chi connectivity index (χ2v) is 12.3. The molecule has 0 aromatic heterocycles. The monoisotopic (exact) mass is 516 g/mol. The van der Waals surface area contributed by atoms with Gasteiger partial charge in [-0.3, -0.25) is 14.4 Å². The Morgan fingerprint density at radius 2 is 1.97 bits per heavy atom. The van der Waals surface area contributed by atoms with Gasteiger partial charge in [0.1, 0.15) is 11.6 Å². The highest BCUT2D eigenvalue weighted by molar-refractivity contribution is 9.09. The molecule has 3 fully saturated rings. The van der Waals surface area contributed by atoms with Gasteiger partial charge in [-0.2, -0.15) is 0 Å². The van der Waals surface area contributed by atoms with Gasteiger partial charge in [0.15, 0.2) is 0 Å². The molecule has 2 amide bonds. The molecule has 3 heterocycles. The Labute approximate surface area is 198 Å². The molecule has 2 N–H and O–H groups in total. The first-order valence-electron chi connectivity index (χ1n) is 11.5. The summed E-state index contributed by atoms with van der Waals surface area (Å²) in [5, 5.41) is 12.5. The largest absolute Gasteiger partial charge is 0.466 e. The van der Waals surface area contributed by atoms with Gasteiger partial charge in [-0.15, -0.1) is 0 Å². The molecular weight excluding hydrogens is 480 g/mol. The third-order valence-corrected chi connectivity index (χ3v) is 7.43. The normalized spacial score (nSPS) is 34.1. The smallest absolute Gasteiger partial charge is 0.312 e. The van der Waals surface area contributed by atoms with E-state index in [0.717, 1.165) is 6.42 Å². The topological polar surface area (TPSA) is 105 Å². The zero-order valence-corrected chi connectivity index (χ0v) is 21.5. The number of carbonyl (C=O) groups is 3. The minimum Gasteiger partial charge on any atom is -0.466 e. The molecule has 1 unspecified atom stereocenters. The van der Waals surface area contributed by atoms with Gasteiger partial charge in [0.25, 0.3) is 0 Å². The maximum atomic E-state index is 13.7. The Kier molecular flexibility index (Phi) is 7.05. The molecule has 8 nitrogen and oxygen atoms in total. The van der Waals surface area contributed by atoms with E-state index in [1.165, 1.54) is 4.90 Å². The van der Waals surface area contributed by atoms with Crippen molar-refractivity contribution in [2.45, 2.75) is 88.9 Å². The van der Waals surface area contributed by atoms with E-state index in [9.17, 15) is 19.5 Å². The number of aliphatic hydroxyl groups excluding tert-OH is 1. The van der Waals surface area contributed by atoms with E-state index in [4.69, 9.17) is 9.47 Å². The van der Waals surface area contributed by atoms with E-state index < -0.39 is 41.1 Å². The van der Waals surface area contributed by atoms with Gasteiger partial charge in [0.2, 0.25) is 11.8 Å². The molecule has 0 saturated carbocycles. The van der Waals surface area contributed by atoms with Crippen molar-refractivity contribution in [2.24, 2.45) is 17.3 Å². The molecule has 32 heavy (non-hydrogen) atoms. The van der Waals surface area contributed by atoms with Crippen molar-refractivity contribution in [3.63, 3.8) is 0 Å². The van der Waals surface area contributed by atoms with Crippen molar-refractivity contribution in [3.8, 4) is 0 Å². The lowest BCUT2D eigenvalue weighted by atomic mass is 9.70. The van der Waals surface area contributed by atoms with Gasteiger partial charge in [0, 0.05) is 23.5 Å². The minimum absolute atomic E-state index is 0.00204. The Hall–Kier alpha value is -1.19. The van der Waals surface area contributed by atoms with E-state index in [0.29, 0.717) is 12.8 Å². The van der Waals surface area contributed by atoms with Crippen molar-refractivity contribution < 1.29 is 29.0 Å². The van der Waals surface area contributed by atoms with Crippen LogP contribution in [0.25, 0.3) is 0 Å². The number of nitrogens with one attached hydrogen (secondary N) is 1. The molecule has 2 bridgehead atoms. The third kappa shape index (κ3) is 4.44. The van der Waals surface area contributed by atoms with Crippen molar-refractivity contribution >= 4 is 33.7 Å². The Balaban J connectivity index is 1.97. The summed E-state index contributed by atoms with van der Waals surface area (Å²) in [6.45, 7) is 12.4. The van der Waals surface area contributed by atoms with Crippen molar-refractivity contribution in [1.29, 1.82) is 0 Å². The number of fused-ring (bicyclic) bond motifs is 1. The number of hydrogen-bond acceptors (Lipinski definition) is 6. The molecule has 3 saturated heterocycles. The van der Waals surface area contributed by atoms with Crippen molar-refractivity contribution in [1.82, 2.24) is 10.2 Å². The number of likely N-dealkylation sites (tertiary alicyclic amines) is 1. The third-order valence-electron chi connectivity index (χ3n) is 6.59. The summed E-state index contributed by atoms with van der Waals surface area (Å²) in [5.74, 6) is -2.53. The van der Waals surface area contributed by atoms with Crippen LogP contribution in [0.2, 0.25) is 0 Å². The number of aliphatic hydroxyl groups is 1. The second kappa shape index (κ2) is 8.87. The summed E-state index contributed by atoms with van der Waals surface area (Å²) in [6.07, 6.45) is 1.03. The van der Waals surface area contributed by atoms with E-state index >= 15 is 0 Å². The number of esters is 1. The zero-order valence-electron chi connectivity index (χ0n) is 19.9. The summed E-state index contributed by atoms with van der Waals surface area (Å²) in [7, 11) is 0. The first-order valence-corrected chi connectivity index (χ1v) is 12.4. The van der Waals surface area contributed by atoms with Crippen molar-refractivity contribution in [2.75, 3.05) is 19.8 Å². The molecule has 0 aromatic rings. The summed E-state index contributed by atoms with van der Waals surface area (Å²) in [5.41, 5.74) is -1.59. The Morgan fingerprint density at radius 1 is 1.31 bits per heavy atom. The van der Waals surface area contributed by atoms with Crippen LogP contribution in [0, 0.1) is 17.3 Å². The highest BCUT2D eigenvalue weighted by Crippen LogP contribution is 2.60. The predicted octanol–water partition coefficient (Wildman–Crippen LogP) is 2.01. The van der Waals surface area contributed by atoms with Crippen LogP contribution >= 0.6 is 15.9 Å². The van der Waals surface area contributed by atoms with E-state index in [2.05, 4.69) is 42.0 Å². The van der Waals surface area contributed by atoms with E-state index in [1.54, 1.807) is 6.92 Å². The van der Waals surface area contributed by atoms with Crippen LogP contribution in [0.4, 0.5) is 0 Å². The summed E-state index contributed by atoms with van der Waals surface area (Å²) in [4.78, 5) is 41.5. The number of halogens is 1. The molecule has 3 aliphatic heterocycles. The standard InChI is InChI=1S/C23H37BrN2O6/c1-7-31-20(30)14-15-19(29)26(9-8-10-27)17(23(15)11-13(24)16(14)32-23)18(28)25-22(5,6)12-21(2,3)4/h13-17,27H,7-12H2,1-6H3,(H,25,28)/t13?,14-,15+,16-,17-,23+/m1/s1. The molecule has 3 aliphatic rings. The lowest BCUT2D eigenvalue weighted by Crippen LogP contribution is -2.59. The van der Waals surface area contributed by atoms with Gasteiger partial charge in [-0.05, 0) is 45.4 Å². The molecule has 3 rings (SSSR count). The fraction of sp³-hybridized carbons (Fsp3) is 0.870. The average molecular weight is 517 g/mol. The molecule has 9 heteroatoms. The van der Waals surface area contributed by atoms with Crippen LogP contribution in [0.3, 0.4) is 0 Å². The fourth-order valence-corrected chi connectivity index (χ4v) is 7.13. The lowest BCUT2D eigenvalue weighted by Gasteiger charge is -2.38. The molecule has 0 aliphatic carbocycles. The lowest BCUT2D eigenvalue weighted by molar-refractivity contribution is -0.154. The van der Waals surface area contributed by atoms with Gasteiger partial charge >= 0.3 is 5.97 Å². The number of ether oxygens (including phenoxy) is 2. The number of carbonyl (C=O) groups excluding carboxylic acids is 3. The first-order chi connectivity index (χ1) is 14.8. The summed E-state index contributed by atoms with van der Waals surface area (Å²) in [6, 6.07) is -0.865. The van der Waals surface area contributed by atoms with Crippen LogP contribution < -0.4 is 5.32 Å². The van der Waals surface area contributed by atoms with E-state index in [1.807, 2.05) is 13.8 Å². The van der Waals surface area contributed by atoms with Crippen LogP contribution in [0.1, 0.15) is 60.8 Å². The molecular formula is C23H37BrN2O6. The van der Waals surface area contributed by atoms with Gasteiger partial charge in [0.05, 0.1) is 24.5 Å². The molecule has 6 atom stereocenters. The molecule has 0 radical (unpaired) electrons. The number of amides is 2. The Bertz CT molecular complexity index is 766. The van der Waals surface area contributed by atoms with Gasteiger partial charge in [-0.1, -0.05) is 36.7 Å². The highest BCUT2D eigenvalue weighted by Gasteiger charge is 2.76. The molecule has 0 aromatic carbocycles. The molecule has 182 valence electrons. The average Bonchev–Trinajstić information content (AvgIpc) is 3.21. The number of rotatable bonds is 8. The van der Waals surface area contributed by atoms with Crippen LogP contribution in [-0.4, -0.2) is 75.7 Å². The second-order valence-electron chi connectivity index (χ2n) is 11.1. The van der Waals surface area contributed by atoms with Gasteiger partial charge < -0.3 is 24.8 Å². The van der Waals surface area contributed by atoms with Gasteiger partial charge in [-0.25, -0.2) is 0 Å². The minimum atomic E-state index is -1.09. The predicted molar refractivity (Wildman–Crippen MR) is 122 cm³/mol. The van der Waals surface area contributed by atoms with Crippen LogP contribution in [0.15, 0.2) is 0 Å². The fourth-order valence-electron chi connectivity index (χ4n) is 6.19. The maximum absolute atomic E-state index is 13.7. The van der Waals surface area contributed by atoms with Crippen molar-refractivity contribution in [3.05, 3.63) is 0 Å². The highest BCUT2D eigenvalue weighted by atomic mass is 79.9. The summed E-state index contributed by atoms with van der Waals surface area (Å²) >= 11 is 3.62. The quantitative estimate of drug-likeness (QED) is 0.377. The number of alkyl halides is 1.